The minimum Gasteiger partial charge on any atom is -0.375 e. The van der Waals surface area contributed by atoms with Gasteiger partial charge in [-0.3, -0.25) is 19.3 Å². The number of fused-ring (bicyclic) bond motifs is 1. The molecule has 6 nitrogen and oxygen atoms in total. The van der Waals surface area contributed by atoms with Crippen LogP contribution >= 0.6 is 0 Å². The molecule has 0 bridgehead atoms. The summed E-state index contributed by atoms with van der Waals surface area (Å²) in [6, 6.07) is 9.37. The van der Waals surface area contributed by atoms with Crippen LogP contribution in [-0.2, 0) is 14.4 Å². The van der Waals surface area contributed by atoms with Gasteiger partial charge in [-0.2, -0.15) is 0 Å². The number of hydrogen-bond acceptors (Lipinski definition) is 4. The van der Waals surface area contributed by atoms with Gasteiger partial charge >= 0.3 is 0 Å². The molecule has 0 spiro atoms. The zero-order valence-electron chi connectivity index (χ0n) is 18.2. The number of nitrogens with zero attached hydrogens (tertiary/aromatic N) is 2. The SMILES string of the molecule is CC(C)C[C@H](C(=O)NCCCN(C)c1ccccc1)N1C(=O)[C@@H]2CC=CC[C@H]2C1=O. The van der Waals surface area contributed by atoms with Crippen LogP contribution in [0.4, 0.5) is 5.69 Å². The summed E-state index contributed by atoms with van der Waals surface area (Å²) in [5, 5.41) is 2.97. The van der Waals surface area contributed by atoms with Crippen molar-refractivity contribution in [3.05, 3.63) is 42.5 Å². The average Bonchev–Trinajstić information content (AvgIpc) is 3.00. The Morgan fingerprint density at radius 2 is 1.70 bits per heavy atom. The summed E-state index contributed by atoms with van der Waals surface area (Å²) in [7, 11) is 2.02. The molecule has 1 aliphatic heterocycles. The fraction of sp³-hybridized carbons (Fsp3) is 0.542. The van der Waals surface area contributed by atoms with Crippen molar-refractivity contribution in [1.82, 2.24) is 10.2 Å². The number of likely N-dealkylation sites (tertiary alicyclic amines) is 1. The van der Waals surface area contributed by atoms with Crippen LogP contribution in [0.3, 0.4) is 0 Å². The Hall–Kier alpha value is -2.63. The number of carbonyl (C=O) groups excluding carboxylic acids is 3. The number of para-hydroxylation sites is 1. The van der Waals surface area contributed by atoms with Gasteiger partial charge in [-0.05, 0) is 43.7 Å². The van der Waals surface area contributed by atoms with E-state index in [4.69, 9.17) is 0 Å². The average molecular weight is 412 g/mol. The standard InChI is InChI=1S/C24H33N3O3/c1-17(2)16-21(27-23(29)19-12-7-8-13-20(19)24(27)30)22(28)25-14-9-15-26(3)18-10-5-4-6-11-18/h4-8,10-11,17,19-21H,9,12-16H2,1-3H3,(H,25,28)/t19-,20-,21-/m1/s1. The first-order chi connectivity index (χ1) is 14.4. The number of nitrogens with one attached hydrogen (secondary N) is 1. The summed E-state index contributed by atoms with van der Waals surface area (Å²) in [6.45, 7) is 5.33. The van der Waals surface area contributed by atoms with E-state index in [1.807, 2.05) is 51.2 Å². The fourth-order valence-electron chi connectivity index (χ4n) is 4.37. The normalized spacial score (nSPS) is 21.7. The molecule has 30 heavy (non-hydrogen) atoms. The van der Waals surface area contributed by atoms with Crippen molar-refractivity contribution in [2.45, 2.75) is 45.6 Å². The maximum Gasteiger partial charge on any atom is 0.243 e. The molecule has 0 aromatic heterocycles. The number of carbonyl (C=O) groups is 3. The molecule has 1 aromatic rings. The van der Waals surface area contributed by atoms with Gasteiger partial charge < -0.3 is 10.2 Å². The smallest absolute Gasteiger partial charge is 0.243 e. The summed E-state index contributed by atoms with van der Waals surface area (Å²) < 4.78 is 0. The largest absolute Gasteiger partial charge is 0.375 e. The molecule has 1 aliphatic carbocycles. The predicted octanol–water partition coefficient (Wildman–Crippen LogP) is 3.00. The Labute approximate surface area is 179 Å². The van der Waals surface area contributed by atoms with Crippen LogP contribution in [-0.4, -0.2) is 48.8 Å². The molecule has 3 rings (SSSR count). The van der Waals surface area contributed by atoms with Crippen LogP contribution in [0, 0.1) is 17.8 Å². The monoisotopic (exact) mass is 411 g/mol. The van der Waals surface area contributed by atoms with Crippen molar-refractivity contribution in [1.29, 1.82) is 0 Å². The lowest BCUT2D eigenvalue weighted by Gasteiger charge is -2.27. The molecule has 1 saturated heterocycles. The summed E-state index contributed by atoms with van der Waals surface area (Å²) in [6.07, 6.45) is 6.39. The number of hydrogen-bond donors (Lipinski definition) is 1. The molecule has 6 heteroatoms. The van der Waals surface area contributed by atoms with Gasteiger partial charge in [-0.1, -0.05) is 44.2 Å². The molecule has 3 atom stereocenters. The van der Waals surface area contributed by atoms with Gasteiger partial charge in [0.1, 0.15) is 6.04 Å². The predicted molar refractivity (Wildman–Crippen MR) is 118 cm³/mol. The molecule has 1 N–H and O–H groups in total. The van der Waals surface area contributed by atoms with E-state index < -0.39 is 6.04 Å². The summed E-state index contributed by atoms with van der Waals surface area (Å²) in [5.74, 6) is -0.988. The van der Waals surface area contributed by atoms with E-state index >= 15 is 0 Å². The maximum absolute atomic E-state index is 13.0. The molecule has 2 aliphatic rings. The molecule has 3 amide bonds. The van der Waals surface area contributed by atoms with E-state index in [-0.39, 0.29) is 35.5 Å². The second-order valence-corrected chi connectivity index (χ2v) is 8.75. The van der Waals surface area contributed by atoms with Crippen LogP contribution in [0.1, 0.15) is 39.5 Å². The highest BCUT2D eigenvalue weighted by Gasteiger charge is 2.51. The minimum absolute atomic E-state index is 0.182. The first-order valence-electron chi connectivity index (χ1n) is 11.0. The van der Waals surface area contributed by atoms with Gasteiger partial charge in [-0.25, -0.2) is 0 Å². The summed E-state index contributed by atoms with van der Waals surface area (Å²) >= 11 is 0. The first kappa shape index (κ1) is 22.1. The second kappa shape index (κ2) is 9.92. The van der Waals surface area contributed by atoms with E-state index in [2.05, 4.69) is 22.3 Å². The number of anilines is 1. The van der Waals surface area contributed by atoms with Crippen LogP contribution in [0.25, 0.3) is 0 Å². The van der Waals surface area contributed by atoms with Gasteiger partial charge in [-0.15, -0.1) is 0 Å². The maximum atomic E-state index is 13.0. The van der Waals surface area contributed by atoms with Crippen molar-refractivity contribution >= 4 is 23.4 Å². The Morgan fingerprint density at radius 1 is 1.10 bits per heavy atom. The summed E-state index contributed by atoms with van der Waals surface area (Å²) in [5.41, 5.74) is 1.13. The Balaban J connectivity index is 1.58. The number of amides is 3. The number of benzene rings is 1. The first-order valence-corrected chi connectivity index (χ1v) is 11.0. The van der Waals surface area contributed by atoms with Crippen molar-refractivity contribution in [2.75, 3.05) is 25.0 Å². The third kappa shape index (κ3) is 4.91. The van der Waals surface area contributed by atoms with E-state index in [0.29, 0.717) is 25.8 Å². The molecule has 0 radical (unpaired) electrons. The molecule has 1 aromatic carbocycles. The lowest BCUT2D eigenvalue weighted by atomic mass is 9.85. The zero-order chi connectivity index (χ0) is 21.7. The van der Waals surface area contributed by atoms with Crippen molar-refractivity contribution < 1.29 is 14.4 Å². The highest BCUT2D eigenvalue weighted by molar-refractivity contribution is 6.08. The molecule has 1 fully saturated rings. The van der Waals surface area contributed by atoms with Gasteiger partial charge in [0.2, 0.25) is 17.7 Å². The van der Waals surface area contributed by atoms with E-state index in [1.165, 1.54) is 4.90 Å². The highest BCUT2D eigenvalue weighted by atomic mass is 16.2. The van der Waals surface area contributed by atoms with E-state index in [1.54, 1.807) is 0 Å². The lowest BCUT2D eigenvalue weighted by Crippen LogP contribution is -2.51. The summed E-state index contributed by atoms with van der Waals surface area (Å²) in [4.78, 5) is 42.3. The third-order valence-corrected chi connectivity index (χ3v) is 6.02. The van der Waals surface area contributed by atoms with Gasteiger partial charge in [0, 0.05) is 25.8 Å². The Bertz CT molecular complexity index is 764. The van der Waals surface area contributed by atoms with Crippen LogP contribution in [0.2, 0.25) is 0 Å². The highest BCUT2D eigenvalue weighted by Crippen LogP contribution is 2.37. The van der Waals surface area contributed by atoms with Crippen LogP contribution in [0.5, 0.6) is 0 Å². The van der Waals surface area contributed by atoms with Gasteiger partial charge in [0.15, 0.2) is 0 Å². The zero-order valence-corrected chi connectivity index (χ0v) is 18.2. The topological polar surface area (TPSA) is 69.7 Å². The van der Waals surface area contributed by atoms with Crippen LogP contribution in [0.15, 0.2) is 42.5 Å². The number of rotatable bonds is 9. The lowest BCUT2D eigenvalue weighted by molar-refractivity contribution is -0.148. The molecular formula is C24H33N3O3. The van der Waals surface area contributed by atoms with Crippen molar-refractivity contribution in [2.24, 2.45) is 17.8 Å². The molecular weight excluding hydrogens is 378 g/mol. The number of allylic oxidation sites excluding steroid dienone is 2. The minimum atomic E-state index is -0.720. The second-order valence-electron chi connectivity index (χ2n) is 8.75. The van der Waals surface area contributed by atoms with Gasteiger partial charge in [0.25, 0.3) is 0 Å². The quantitative estimate of drug-likeness (QED) is 0.385. The van der Waals surface area contributed by atoms with Crippen molar-refractivity contribution in [3.8, 4) is 0 Å². The van der Waals surface area contributed by atoms with Gasteiger partial charge in [0.05, 0.1) is 11.8 Å². The van der Waals surface area contributed by atoms with E-state index in [0.717, 1.165) is 18.7 Å². The Morgan fingerprint density at radius 3 is 2.27 bits per heavy atom. The van der Waals surface area contributed by atoms with Crippen LogP contribution < -0.4 is 10.2 Å². The fourth-order valence-corrected chi connectivity index (χ4v) is 4.37. The molecule has 0 saturated carbocycles. The molecule has 162 valence electrons. The number of imide groups is 1. The van der Waals surface area contributed by atoms with E-state index in [9.17, 15) is 14.4 Å². The van der Waals surface area contributed by atoms with Crippen molar-refractivity contribution in [3.63, 3.8) is 0 Å². The molecule has 0 unspecified atom stereocenters. The third-order valence-electron chi connectivity index (χ3n) is 6.02. The Kier molecular flexibility index (Phi) is 7.29. The molecule has 1 heterocycles.